The standard InChI is InChI=1S/C26H27ClN10O2/c27-19-4-5-23(37(30)15-33-29)18(9-19)14-39-26(38)35-25-21(22(28)7-8-32-25)11-31-10-20-13-36-12-17(16-1-2-16)3-6-24(36)34-20/h3-9,11-13,15-16H,1-2,10,14,29-30H2,(H3,28,32,35,38)/b31-11?,33-15-. The Morgan fingerprint density at radius 2 is 2.10 bits per heavy atom. The van der Waals surface area contributed by atoms with Gasteiger partial charge in [-0.15, -0.1) is 0 Å². The third-order valence-corrected chi connectivity index (χ3v) is 6.40. The number of nitrogen functional groups attached to an aromatic ring is 1. The second-order valence-corrected chi connectivity index (χ2v) is 9.45. The number of nitrogens with two attached hydrogens (primary N) is 3. The molecule has 1 aliphatic carbocycles. The third-order valence-electron chi connectivity index (χ3n) is 6.16. The van der Waals surface area contributed by atoms with E-state index >= 15 is 0 Å². The zero-order chi connectivity index (χ0) is 27.4. The molecule has 200 valence electrons. The van der Waals surface area contributed by atoms with Crippen LogP contribution in [0.5, 0.6) is 0 Å². The molecule has 39 heavy (non-hydrogen) atoms. The molecule has 1 amide bonds. The molecule has 0 saturated heterocycles. The summed E-state index contributed by atoms with van der Waals surface area (Å²) in [7, 11) is 0. The average molecular weight is 547 g/mol. The molecule has 0 radical (unpaired) electrons. The molecule has 12 nitrogen and oxygen atoms in total. The van der Waals surface area contributed by atoms with E-state index in [2.05, 4.69) is 37.6 Å². The Kier molecular flexibility index (Phi) is 7.57. The summed E-state index contributed by atoms with van der Waals surface area (Å²) >= 11 is 6.10. The number of hydrogen-bond donors (Lipinski definition) is 4. The van der Waals surface area contributed by atoms with Gasteiger partial charge in [-0.05, 0) is 54.7 Å². The zero-order valence-electron chi connectivity index (χ0n) is 20.9. The van der Waals surface area contributed by atoms with Gasteiger partial charge in [-0.1, -0.05) is 17.7 Å². The first-order valence-corrected chi connectivity index (χ1v) is 12.5. The molecule has 1 aliphatic rings. The first kappa shape index (κ1) is 25.9. The van der Waals surface area contributed by atoms with Gasteiger partial charge in [0.1, 0.15) is 24.4 Å². The van der Waals surface area contributed by atoms with Crippen molar-refractivity contribution in [2.75, 3.05) is 16.1 Å². The van der Waals surface area contributed by atoms with E-state index in [0.29, 0.717) is 40.0 Å². The Balaban J connectivity index is 1.25. The van der Waals surface area contributed by atoms with Crippen LogP contribution in [-0.2, 0) is 17.9 Å². The van der Waals surface area contributed by atoms with E-state index in [0.717, 1.165) is 11.3 Å². The summed E-state index contributed by atoms with van der Waals surface area (Å²) in [5.74, 6) is 12.0. The summed E-state index contributed by atoms with van der Waals surface area (Å²) in [6.45, 7) is 0.202. The fraction of sp³-hybridized carbons (Fsp3) is 0.192. The second-order valence-electron chi connectivity index (χ2n) is 9.01. The number of hydrogen-bond acceptors (Lipinski definition) is 9. The van der Waals surface area contributed by atoms with Crippen LogP contribution in [0.25, 0.3) is 5.65 Å². The van der Waals surface area contributed by atoms with Crippen LogP contribution in [-0.4, -0.2) is 33.0 Å². The number of hydrazone groups is 1. The van der Waals surface area contributed by atoms with E-state index < -0.39 is 6.09 Å². The number of amides is 1. The van der Waals surface area contributed by atoms with Crippen LogP contribution in [0.1, 0.15) is 41.1 Å². The van der Waals surface area contributed by atoms with Gasteiger partial charge in [0.2, 0.25) is 0 Å². The molecule has 13 heteroatoms. The lowest BCUT2D eigenvalue weighted by molar-refractivity contribution is 0.155. The first-order valence-electron chi connectivity index (χ1n) is 12.1. The van der Waals surface area contributed by atoms with Crippen LogP contribution in [0, 0.1) is 0 Å². The molecule has 3 heterocycles. The van der Waals surface area contributed by atoms with Gasteiger partial charge in [-0.2, -0.15) is 5.10 Å². The molecule has 1 saturated carbocycles. The first-order chi connectivity index (χ1) is 18.9. The lowest BCUT2D eigenvalue weighted by Gasteiger charge is -2.17. The molecule has 0 atom stereocenters. The van der Waals surface area contributed by atoms with Crippen LogP contribution in [0.3, 0.4) is 0 Å². The summed E-state index contributed by atoms with van der Waals surface area (Å²) in [4.78, 5) is 26.0. The van der Waals surface area contributed by atoms with Gasteiger partial charge in [-0.25, -0.2) is 20.6 Å². The van der Waals surface area contributed by atoms with Gasteiger partial charge in [0.15, 0.2) is 0 Å². The minimum atomic E-state index is -0.753. The SMILES string of the molecule is N/N=C\N(N)c1ccc(Cl)cc1COC(=O)Nc1nccc(N)c1C=NCc1cn2cc(C3CC3)ccc2n1. The lowest BCUT2D eigenvalue weighted by atomic mass is 10.2. The number of rotatable bonds is 9. The van der Waals surface area contributed by atoms with Gasteiger partial charge in [0.25, 0.3) is 0 Å². The number of fused-ring (bicyclic) bond motifs is 1. The number of aromatic nitrogens is 3. The number of anilines is 3. The number of carbonyl (C=O) groups is 1. The Hall–Kier alpha value is -4.68. The van der Waals surface area contributed by atoms with Gasteiger partial charge in [0.05, 0.1) is 23.5 Å². The molecule has 1 aromatic carbocycles. The van der Waals surface area contributed by atoms with E-state index in [4.69, 9.17) is 33.8 Å². The fourth-order valence-corrected chi connectivity index (χ4v) is 4.28. The molecule has 4 aromatic rings. The molecule has 0 bridgehead atoms. The van der Waals surface area contributed by atoms with Crippen molar-refractivity contribution in [3.63, 3.8) is 0 Å². The quantitative estimate of drug-likeness (QED) is 0.106. The van der Waals surface area contributed by atoms with Crippen LogP contribution >= 0.6 is 11.6 Å². The fourth-order valence-electron chi connectivity index (χ4n) is 4.08. The van der Waals surface area contributed by atoms with Gasteiger partial charge >= 0.3 is 6.09 Å². The van der Waals surface area contributed by atoms with E-state index in [1.165, 1.54) is 35.9 Å². The number of nitrogens with one attached hydrogen (secondary N) is 1. The largest absolute Gasteiger partial charge is 0.444 e. The van der Waals surface area contributed by atoms with E-state index in [-0.39, 0.29) is 12.4 Å². The normalized spacial score (nSPS) is 13.4. The van der Waals surface area contributed by atoms with Crippen molar-refractivity contribution in [3.8, 4) is 0 Å². The number of benzene rings is 1. The van der Waals surface area contributed by atoms with Gasteiger partial charge in [0, 0.05) is 41.1 Å². The number of ether oxygens (including phenoxy) is 1. The summed E-state index contributed by atoms with van der Waals surface area (Å²) in [5.41, 5.74) is 11.0. The van der Waals surface area contributed by atoms with Crippen LogP contribution < -0.4 is 27.7 Å². The van der Waals surface area contributed by atoms with E-state index in [9.17, 15) is 4.79 Å². The van der Waals surface area contributed by atoms with Crippen molar-refractivity contribution in [2.45, 2.75) is 31.9 Å². The molecule has 1 fully saturated rings. The predicted molar refractivity (Wildman–Crippen MR) is 152 cm³/mol. The highest BCUT2D eigenvalue weighted by Gasteiger charge is 2.23. The number of pyridine rings is 2. The van der Waals surface area contributed by atoms with Crippen molar-refractivity contribution in [1.82, 2.24) is 14.4 Å². The minimum absolute atomic E-state index is 0.129. The molecule has 0 unspecified atom stereocenters. The highest BCUT2D eigenvalue weighted by atomic mass is 35.5. The maximum atomic E-state index is 12.6. The number of aliphatic imine (C=N–C) groups is 1. The molecule has 5 rings (SSSR count). The van der Waals surface area contributed by atoms with Gasteiger partial charge < -0.3 is 20.7 Å². The highest BCUT2D eigenvalue weighted by molar-refractivity contribution is 6.30. The molecule has 0 spiro atoms. The maximum Gasteiger partial charge on any atom is 0.413 e. The number of nitrogens with zero attached hydrogens (tertiary/aromatic N) is 6. The highest BCUT2D eigenvalue weighted by Crippen LogP contribution is 2.39. The van der Waals surface area contributed by atoms with Crippen LogP contribution in [0.4, 0.5) is 22.0 Å². The molecule has 0 aliphatic heterocycles. The van der Waals surface area contributed by atoms with Crippen molar-refractivity contribution < 1.29 is 9.53 Å². The molecular formula is C26H27ClN10O2. The third kappa shape index (κ3) is 6.25. The van der Waals surface area contributed by atoms with Crippen molar-refractivity contribution in [3.05, 3.63) is 82.4 Å². The van der Waals surface area contributed by atoms with E-state index in [1.54, 1.807) is 30.5 Å². The summed E-state index contributed by atoms with van der Waals surface area (Å²) in [5, 5.41) is 7.65. The lowest BCUT2D eigenvalue weighted by Crippen LogP contribution is -2.30. The number of imidazole rings is 1. The van der Waals surface area contributed by atoms with Crippen molar-refractivity contribution in [2.24, 2.45) is 21.8 Å². The second kappa shape index (κ2) is 11.4. The Labute approximate surface area is 229 Å². The smallest absolute Gasteiger partial charge is 0.413 e. The summed E-state index contributed by atoms with van der Waals surface area (Å²) in [6.07, 6.45) is 10.1. The maximum absolute atomic E-state index is 12.6. The average Bonchev–Trinajstić information content (AvgIpc) is 3.68. The molecule has 3 aromatic heterocycles. The van der Waals surface area contributed by atoms with Gasteiger partial charge in [-0.3, -0.25) is 15.3 Å². The van der Waals surface area contributed by atoms with E-state index in [1.807, 2.05) is 16.7 Å². The topological polar surface area (TPSA) is 175 Å². The number of hydrazine groups is 1. The summed E-state index contributed by atoms with van der Waals surface area (Å²) in [6, 6.07) is 10.7. The summed E-state index contributed by atoms with van der Waals surface area (Å²) < 4.78 is 7.41. The van der Waals surface area contributed by atoms with Crippen LogP contribution in [0.2, 0.25) is 5.02 Å². The Bertz CT molecular complexity index is 1560. The number of carbonyl (C=O) groups excluding carboxylic acids is 1. The van der Waals surface area contributed by atoms with Crippen LogP contribution in [0.15, 0.2) is 65.1 Å². The zero-order valence-corrected chi connectivity index (χ0v) is 21.6. The molecule has 7 N–H and O–H groups in total. The van der Waals surface area contributed by atoms with Crippen molar-refractivity contribution in [1.29, 1.82) is 0 Å². The Morgan fingerprint density at radius 1 is 1.26 bits per heavy atom. The minimum Gasteiger partial charge on any atom is -0.444 e. The monoisotopic (exact) mass is 546 g/mol. The Morgan fingerprint density at radius 3 is 2.90 bits per heavy atom. The van der Waals surface area contributed by atoms with Crippen molar-refractivity contribution >= 4 is 53.1 Å². The number of halogens is 1. The molecular weight excluding hydrogens is 520 g/mol. The predicted octanol–water partition coefficient (Wildman–Crippen LogP) is 3.79.